The van der Waals surface area contributed by atoms with Crippen LogP contribution in [0.15, 0.2) is 30.3 Å². The van der Waals surface area contributed by atoms with Gasteiger partial charge in [-0.25, -0.2) is 0 Å². The van der Waals surface area contributed by atoms with Crippen molar-refractivity contribution in [1.29, 1.82) is 0 Å². The number of halogens is 2. The van der Waals surface area contributed by atoms with Gasteiger partial charge < -0.3 is 14.8 Å². The third-order valence-electron chi connectivity index (χ3n) is 3.19. The minimum absolute atomic E-state index is 0.296. The summed E-state index contributed by atoms with van der Waals surface area (Å²) in [5.41, 5.74) is 1.80. The van der Waals surface area contributed by atoms with Crippen LogP contribution in [0, 0.1) is 6.92 Å². The number of hydrogen-bond acceptors (Lipinski definition) is 3. The van der Waals surface area contributed by atoms with Crippen molar-refractivity contribution < 1.29 is 14.3 Å². The van der Waals surface area contributed by atoms with E-state index < -0.39 is 0 Å². The maximum absolute atomic E-state index is 12.4. The summed E-state index contributed by atoms with van der Waals surface area (Å²) in [5.74, 6) is 0.868. The predicted octanol–water partition coefficient (Wildman–Crippen LogP) is 4.57. The number of carbonyl (C=O) groups is 1. The van der Waals surface area contributed by atoms with Crippen molar-refractivity contribution in [2.45, 2.75) is 6.92 Å². The first kappa shape index (κ1) is 16.5. The van der Waals surface area contributed by atoms with Crippen LogP contribution in [0.25, 0.3) is 0 Å². The highest BCUT2D eigenvalue weighted by atomic mass is 35.5. The lowest BCUT2D eigenvalue weighted by atomic mass is 10.1. The lowest BCUT2D eigenvalue weighted by molar-refractivity contribution is 0.102. The zero-order chi connectivity index (χ0) is 16.3. The van der Waals surface area contributed by atoms with E-state index in [0.29, 0.717) is 32.8 Å². The second-order valence-electron chi connectivity index (χ2n) is 4.59. The van der Waals surface area contributed by atoms with Crippen LogP contribution in [-0.2, 0) is 0 Å². The summed E-state index contributed by atoms with van der Waals surface area (Å²) in [6.45, 7) is 1.86. The fourth-order valence-corrected chi connectivity index (χ4v) is 2.29. The molecule has 0 unspecified atom stereocenters. The molecule has 0 aliphatic heterocycles. The normalized spacial score (nSPS) is 10.2. The van der Waals surface area contributed by atoms with Crippen LogP contribution in [-0.4, -0.2) is 20.1 Å². The second-order valence-corrected chi connectivity index (χ2v) is 5.40. The molecule has 2 aromatic carbocycles. The van der Waals surface area contributed by atoms with Crippen LogP contribution in [0.2, 0.25) is 10.0 Å². The van der Waals surface area contributed by atoms with Gasteiger partial charge in [0.1, 0.15) is 11.5 Å². The average molecular weight is 340 g/mol. The number of amides is 1. The number of anilines is 1. The number of nitrogens with one attached hydrogen (secondary N) is 1. The van der Waals surface area contributed by atoms with Crippen molar-refractivity contribution in [2.75, 3.05) is 19.5 Å². The van der Waals surface area contributed by atoms with E-state index in [1.165, 1.54) is 0 Å². The quantitative estimate of drug-likeness (QED) is 0.887. The molecule has 0 saturated heterocycles. The monoisotopic (exact) mass is 339 g/mol. The predicted molar refractivity (Wildman–Crippen MR) is 88.7 cm³/mol. The highest BCUT2D eigenvalue weighted by Gasteiger charge is 2.14. The van der Waals surface area contributed by atoms with Crippen molar-refractivity contribution in [1.82, 2.24) is 0 Å². The topological polar surface area (TPSA) is 47.6 Å². The molecule has 22 heavy (non-hydrogen) atoms. The molecule has 0 aliphatic carbocycles. The molecule has 0 spiro atoms. The van der Waals surface area contributed by atoms with E-state index in [9.17, 15) is 4.79 Å². The van der Waals surface area contributed by atoms with E-state index in [1.54, 1.807) is 44.6 Å². The SMILES string of the molecule is COc1cc(C(=O)Nc2ccc(Cl)c(Cl)c2)cc(OC)c1C. The largest absolute Gasteiger partial charge is 0.496 e. The van der Waals surface area contributed by atoms with Crippen LogP contribution < -0.4 is 14.8 Å². The summed E-state index contributed by atoms with van der Waals surface area (Å²) in [6.07, 6.45) is 0. The van der Waals surface area contributed by atoms with Crippen LogP contribution >= 0.6 is 23.2 Å². The Hall–Kier alpha value is -1.91. The lowest BCUT2D eigenvalue weighted by Gasteiger charge is -2.13. The first-order valence-corrected chi connectivity index (χ1v) is 7.21. The highest BCUT2D eigenvalue weighted by Crippen LogP contribution is 2.30. The zero-order valence-electron chi connectivity index (χ0n) is 12.4. The van der Waals surface area contributed by atoms with Gasteiger partial charge in [-0.05, 0) is 37.3 Å². The number of benzene rings is 2. The fraction of sp³-hybridized carbons (Fsp3) is 0.188. The Balaban J connectivity index is 2.31. The summed E-state index contributed by atoms with van der Waals surface area (Å²) in [7, 11) is 3.09. The number of carbonyl (C=O) groups excluding carboxylic acids is 1. The first-order valence-electron chi connectivity index (χ1n) is 6.45. The maximum Gasteiger partial charge on any atom is 0.255 e. The van der Waals surface area contributed by atoms with Gasteiger partial charge in [0.25, 0.3) is 5.91 Å². The highest BCUT2D eigenvalue weighted by molar-refractivity contribution is 6.42. The van der Waals surface area contributed by atoms with E-state index in [-0.39, 0.29) is 5.91 Å². The summed E-state index contributed by atoms with van der Waals surface area (Å²) in [6, 6.07) is 8.20. The molecule has 2 aromatic rings. The Labute approximate surface area is 138 Å². The third-order valence-corrected chi connectivity index (χ3v) is 3.93. The molecule has 0 aromatic heterocycles. The number of rotatable bonds is 4. The van der Waals surface area contributed by atoms with E-state index in [1.807, 2.05) is 6.92 Å². The molecule has 0 saturated carbocycles. The van der Waals surface area contributed by atoms with E-state index in [0.717, 1.165) is 5.56 Å². The van der Waals surface area contributed by atoms with E-state index >= 15 is 0 Å². The molecule has 0 bridgehead atoms. The Kier molecular flexibility index (Phi) is 5.16. The summed E-state index contributed by atoms with van der Waals surface area (Å²) in [5, 5.41) is 3.56. The number of ether oxygens (including phenoxy) is 2. The van der Waals surface area contributed by atoms with Crippen LogP contribution in [0.4, 0.5) is 5.69 Å². The molecule has 6 heteroatoms. The van der Waals surface area contributed by atoms with Gasteiger partial charge in [-0.3, -0.25) is 4.79 Å². The van der Waals surface area contributed by atoms with Crippen LogP contribution in [0.5, 0.6) is 11.5 Å². The van der Waals surface area contributed by atoms with Gasteiger partial charge in [-0.15, -0.1) is 0 Å². The van der Waals surface area contributed by atoms with E-state index in [2.05, 4.69) is 5.32 Å². The smallest absolute Gasteiger partial charge is 0.255 e. The van der Waals surface area contributed by atoms with E-state index in [4.69, 9.17) is 32.7 Å². The molecular formula is C16H15Cl2NO3. The number of methoxy groups -OCH3 is 2. The maximum atomic E-state index is 12.4. The molecule has 0 fully saturated rings. The Morgan fingerprint density at radius 1 is 1.00 bits per heavy atom. The van der Waals surface area contributed by atoms with Crippen LogP contribution in [0.1, 0.15) is 15.9 Å². The van der Waals surface area contributed by atoms with Gasteiger partial charge in [0.15, 0.2) is 0 Å². The van der Waals surface area contributed by atoms with Crippen molar-refractivity contribution in [3.05, 3.63) is 51.5 Å². The minimum atomic E-state index is -0.296. The molecule has 0 heterocycles. The Bertz CT molecular complexity index is 692. The molecule has 1 amide bonds. The molecular weight excluding hydrogens is 325 g/mol. The van der Waals surface area contributed by atoms with Crippen molar-refractivity contribution in [3.63, 3.8) is 0 Å². The third kappa shape index (κ3) is 3.46. The zero-order valence-corrected chi connectivity index (χ0v) is 13.9. The molecule has 0 radical (unpaired) electrons. The van der Waals surface area contributed by atoms with Crippen LogP contribution in [0.3, 0.4) is 0 Å². The van der Waals surface area contributed by atoms with Crippen molar-refractivity contribution in [3.8, 4) is 11.5 Å². The molecule has 4 nitrogen and oxygen atoms in total. The fourth-order valence-electron chi connectivity index (χ4n) is 1.99. The minimum Gasteiger partial charge on any atom is -0.496 e. The second kappa shape index (κ2) is 6.90. The molecule has 0 aliphatic rings. The van der Waals surface area contributed by atoms with Gasteiger partial charge in [-0.1, -0.05) is 23.2 Å². The average Bonchev–Trinajstić information content (AvgIpc) is 2.51. The summed E-state index contributed by atoms with van der Waals surface area (Å²) >= 11 is 11.8. The summed E-state index contributed by atoms with van der Waals surface area (Å²) in [4.78, 5) is 12.4. The van der Waals surface area contributed by atoms with Gasteiger partial charge in [0.2, 0.25) is 0 Å². The first-order chi connectivity index (χ1) is 10.5. The molecule has 2 rings (SSSR count). The molecule has 116 valence electrons. The Morgan fingerprint density at radius 3 is 2.09 bits per heavy atom. The van der Waals surface area contributed by atoms with Gasteiger partial charge in [0.05, 0.1) is 24.3 Å². The summed E-state index contributed by atoms with van der Waals surface area (Å²) < 4.78 is 10.5. The lowest BCUT2D eigenvalue weighted by Crippen LogP contribution is -2.12. The van der Waals surface area contributed by atoms with Gasteiger partial charge in [-0.2, -0.15) is 0 Å². The Morgan fingerprint density at radius 2 is 1.59 bits per heavy atom. The van der Waals surface area contributed by atoms with Gasteiger partial charge in [0, 0.05) is 16.8 Å². The van der Waals surface area contributed by atoms with Gasteiger partial charge >= 0.3 is 0 Å². The molecule has 1 N–H and O–H groups in total. The number of hydrogen-bond donors (Lipinski definition) is 1. The standard InChI is InChI=1S/C16H15Cl2NO3/c1-9-14(21-2)6-10(7-15(9)22-3)16(20)19-11-4-5-12(17)13(18)8-11/h4-8H,1-3H3,(H,19,20). The van der Waals surface area contributed by atoms with Crippen molar-refractivity contribution >= 4 is 34.8 Å². The van der Waals surface area contributed by atoms with Crippen molar-refractivity contribution in [2.24, 2.45) is 0 Å². The molecule has 0 atom stereocenters.